The van der Waals surface area contributed by atoms with E-state index in [9.17, 15) is 4.79 Å². The van der Waals surface area contributed by atoms with Crippen LogP contribution in [0, 0.1) is 5.92 Å². The maximum Gasteiger partial charge on any atom is 0.274 e. The number of nitrogens with zero attached hydrogens (tertiary/aromatic N) is 4. The first-order valence-electron chi connectivity index (χ1n) is 8.36. The molecule has 0 radical (unpaired) electrons. The quantitative estimate of drug-likeness (QED) is 0.836. The van der Waals surface area contributed by atoms with Crippen LogP contribution in [-0.2, 0) is 24.9 Å². The van der Waals surface area contributed by atoms with E-state index in [2.05, 4.69) is 10.00 Å². The van der Waals surface area contributed by atoms with Crippen molar-refractivity contribution in [3.8, 4) is 0 Å². The molecule has 1 saturated heterocycles. The van der Waals surface area contributed by atoms with Crippen molar-refractivity contribution in [1.82, 2.24) is 19.6 Å². The SMILES string of the molecule is Cn1nc(C(=O)N2CCOCC2)c2c1CN(CC1CCC1)C2. The predicted molar refractivity (Wildman–Crippen MR) is 81.4 cm³/mol. The molecule has 0 unspecified atom stereocenters. The average Bonchev–Trinajstić information content (AvgIpc) is 3.04. The summed E-state index contributed by atoms with van der Waals surface area (Å²) in [4.78, 5) is 17.1. The topological polar surface area (TPSA) is 50.6 Å². The number of amides is 1. The van der Waals surface area contributed by atoms with Crippen molar-refractivity contribution in [3.63, 3.8) is 0 Å². The van der Waals surface area contributed by atoms with E-state index in [-0.39, 0.29) is 5.91 Å². The molecule has 0 bridgehead atoms. The predicted octanol–water partition coefficient (Wildman–Crippen LogP) is 1.01. The zero-order valence-corrected chi connectivity index (χ0v) is 13.3. The Morgan fingerprint density at radius 1 is 1.27 bits per heavy atom. The third-order valence-corrected chi connectivity index (χ3v) is 5.27. The molecule has 1 aliphatic carbocycles. The average molecular weight is 304 g/mol. The number of fused-ring (bicyclic) bond motifs is 1. The molecule has 3 aliphatic rings. The van der Waals surface area contributed by atoms with Crippen molar-refractivity contribution in [1.29, 1.82) is 0 Å². The molecule has 1 aromatic heterocycles. The largest absolute Gasteiger partial charge is 0.378 e. The first-order valence-corrected chi connectivity index (χ1v) is 8.36. The minimum absolute atomic E-state index is 0.0747. The van der Waals surface area contributed by atoms with E-state index >= 15 is 0 Å². The summed E-state index contributed by atoms with van der Waals surface area (Å²) in [5.41, 5.74) is 3.03. The molecule has 0 N–H and O–H groups in total. The van der Waals surface area contributed by atoms with Gasteiger partial charge in [-0.3, -0.25) is 14.4 Å². The van der Waals surface area contributed by atoms with Crippen molar-refractivity contribution < 1.29 is 9.53 Å². The summed E-state index contributed by atoms with van der Waals surface area (Å²) >= 11 is 0. The summed E-state index contributed by atoms with van der Waals surface area (Å²) in [7, 11) is 1.96. The van der Waals surface area contributed by atoms with Crippen LogP contribution in [0.1, 0.15) is 41.0 Å². The van der Waals surface area contributed by atoms with Crippen molar-refractivity contribution in [2.75, 3.05) is 32.8 Å². The molecule has 120 valence electrons. The Kier molecular flexibility index (Phi) is 3.66. The normalized spacial score (nSPS) is 22.7. The smallest absolute Gasteiger partial charge is 0.274 e. The van der Waals surface area contributed by atoms with Crippen molar-refractivity contribution in [2.45, 2.75) is 32.4 Å². The van der Waals surface area contributed by atoms with Gasteiger partial charge in [-0.1, -0.05) is 6.42 Å². The van der Waals surface area contributed by atoms with Gasteiger partial charge < -0.3 is 9.64 Å². The van der Waals surface area contributed by atoms with Gasteiger partial charge in [-0.25, -0.2) is 0 Å². The zero-order valence-electron chi connectivity index (χ0n) is 13.3. The van der Waals surface area contributed by atoms with E-state index in [1.807, 2.05) is 16.6 Å². The fourth-order valence-corrected chi connectivity index (χ4v) is 3.72. The minimum atomic E-state index is 0.0747. The molecule has 3 heterocycles. The van der Waals surface area contributed by atoms with E-state index < -0.39 is 0 Å². The van der Waals surface area contributed by atoms with E-state index in [0.29, 0.717) is 32.0 Å². The van der Waals surface area contributed by atoms with Crippen LogP contribution in [0.5, 0.6) is 0 Å². The highest BCUT2D eigenvalue weighted by molar-refractivity contribution is 5.94. The summed E-state index contributed by atoms with van der Waals surface area (Å²) in [6, 6.07) is 0. The summed E-state index contributed by atoms with van der Waals surface area (Å²) < 4.78 is 7.24. The molecular formula is C16H24N4O2. The Labute approximate surface area is 131 Å². The summed E-state index contributed by atoms with van der Waals surface area (Å²) in [6.07, 6.45) is 4.11. The lowest BCUT2D eigenvalue weighted by atomic mass is 9.85. The van der Waals surface area contributed by atoms with Crippen LogP contribution < -0.4 is 0 Å². The maximum atomic E-state index is 12.7. The lowest BCUT2D eigenvalue weighted by Gasteiger charge is -2.30. The van der Waals surface area contributed by atoms with E-state index in [0.717, 1.165) is 24.6 Å². The van der Waals surface area contributed by atoms with Crippen LogP contribution in [0.25, 0.3) is 0 Å². The van der Waals surface area contributed by atoms with E-state index in [4.69, 9.17) is 4.74 Å². The van der Waals surface area contributed by atoms with Crippen molar-refractivity contribution in [2.24, 2.45) is 13.0 Å². The molecule has 22 heavy (non-hydrogen) atoms. The third kappa shape index (κ3) is 2.44. The van der Waals surface area contributed by atoms with Gasteiger partial charge in [0.05, 0.1) is 18.9 Å². The number of morpholine rings is 1. The number of hydrogen-bond acceptors (Lipinski definition) is 4. The number of rotatable bonds is 3. The van der Waals surface area contributed by atoms with Crippen LogP contribution in [0.2, 0.25) is 0 Å². The van der Waals surface area contributed by atoms with Crippen molar-refractivity contribution in [3.05, 3.63) is 17.0 Å². The fraction of sp³-hybridized carbons (Fsp3) is 0.750. The Morgan fingerprint density at radius 3 is 2.73 bits per heavy atom. The fourth-order valence-electron chi connectivity index (χ4n) is 3.72. The highest BCUT2D eigenvalue weighted by atomic mass is 16.5. The third-order valence-electron chi connectivity index (χ3n) is 5.27. The van der Waals surface area contributed by atoms with Gasteiger partial charge in [0, 0.05) is 45.3 Å². The second-order valence-electron chi connectivity index (χ2n) is 6.77. The monoisotopic (exact) mass is 304 g/mol. The lowest BCUT2D eigenvalue weighted by molar-refractivity contribution is 0.0297. The molecular weight excluding hydrogens is 280 g/mol. The van der Waals surface area contributed by atoms with Gasteiger partial charge in [-0.15, -0.1) is 0 Å². The molecule has 1 saturated carbocycles. The molecule has 4 rings (SSSR count). The van der Waals surface area contributed by atoms with E-state index in [1.54, 1.807) is 0 Å². The zero-order chi connectivity index (χ0) is 15.1. The number of carbonyl (C=O) groups excluding carboxylic acids is 1. The summed E-state index contributed by atoms with van der Waals surface area (Å²) in [5, 5.41) is 4.51. The van der Waals surface area contributed by atoms with Crippen LogP contribution >= 0.6 is 0 Å². The van der Waals surface area contributed by atoms with Gasteiger partial charge in [0.1, 0.15) is 0 Å². The number of aromatic nitrogens is 2. The Balaban J connectivity index is 1.50. The molecule has 0 spiro atoms. The van der Waals surface area contributed by atoms with Gasteiger partial charge >= 0.3 is 0 Å². The van der Waals surface area contributed by atoms with Crippen LogP contribution in [0.3, 0.4) is 0 Å². The second-order valence-corrected chi connectivity index (χ2v) is 6.77. The number of ether oxygens (including phenoxy) is 1. The minimum Gasteiger partial charge on any atom is -0.378 e. The molecule has 1 aromatic rings. The van der Waals surface area contributed by atoms with Crippen LogP contribution in [0.15, 0.2) is 0 Å². The second kappa shape index (κ2) is 5.66. The number of hydrogen-bond donors (Lipinski definition) is 0. The highest BCUT2D eigenvalue weighted by Crippen LogP contribution is 2.32. The molecule has 2 fully saturated rings. The maximum absolute atomic E-state index is 12.7. The molecule has 6 heteroatoms. The Bertz CT molecular complexity index is 573. The molecule has 0 atom stereocenters. The van der Waals surface area contributed by atoms with Crippen molar-refractivity contribution >= 4 is 5.91 Å². The van der Waals surface area contributed by atoms with Gasteiger partial charge in [-0.2, -0.15) is 5.10 Å². The van der Waals surface area contributed by atoms with Gasteiger partial charge in [-0.05, 0) is 18.8 Å². The number of carbonyl (C=O) groups is 1. The van der Waals surface area contributed by atoms with Crippen LogP contribution in [-0.4, -0.2) is 58.3 Å². The Hall–Kier alpha value is -1.40. The number of aryl methyl sites for hydroxylation is 1. The molecule has 2 aliphatic heterocycles. The Morgan fingerprint density at radius 2 is 2.05 bits per heavy atom. The first-order chi connectivity index (χ1) is 10.7. The standard InChI is InChI=1S/C16H24N4O2/c1-18-14-11-19(9-12-3-2-4-12)10-13(14)15(17-18)16(21)20-5-7-22-8-6-20/h12H,2-11H2,1H3. The summed E-state index contributed by atoms with van der Waals surface area (Å²) in [5.74, 6) is 0.936. The van der Waals surface area contributed by atoms with E-state index in [1.165, 1.54) is 31.5 Å². The molecule has 1 amide bonds. The molecule has 6 nitrogen and oxygen atoms in total. The lowest BCUT2D eigenvalue weighted by Crippen LogP contribution is -2.41. The van der Waals surface area contributed by atoms with Crippen LogP contribution in [0.4, 0.5) is 0 Å². The highest BCUT2D eigenvalue weighted by Gasteiger charge is 2.33. The van der Waals surface area contributed by atoms with Gasteiger partial charge in [0.15, 0.2) is 5.69 Å². The molecule has 0 aromatic carbocycles. The first kappa shape index (κ1) is 14.2. The summed E-state index contributed by atoms with van der Waals surface area (Å²) in [6.45, 7) is 5.60. The van der Waals surface area contributed by atoms with Gasteiger partial charge in [0.25, 0.3) is 5.91 Å². The van der Waals surface area contributed by atoms with Gasteiger partial charge in [0.2, 0.25) is 0 Å².